The lowest BCUT2D eigenvalue weighted by molar-refractivity contribution is 0.401. The monoisotopic (exact) mass is 408 g/mol. The Hall–Kier alpha value is -2.12. The van der Waals surface area contributed by atoms with E-state index < -0.39 is 0 Å². The average Bonchev–Trinajstić information content (AvgIpc) is 3.54. The van der Waals surface area contributed by atoms with Gasteiger partial charge in [0.05, 0.1) is 50.8 Å². The van der Waals surface area contributed by atoms with E-state index in [0.29, 0.717) is 0 Å². The summed E-state index contributed by atoms with van der Waals surface area (Å²) in [5, 5.41) is 0. The van der Waals surface area contributed by atoms with Crippen molar-refractivity contribution in [3.8, 4) is 11.1 Å². The van der Waals surface area contributed by atoms with Crippen LogP contribution in [0.15, 0.2) is 24.3 Å². The first kappa shape index (κ1) is 18.6. The third-order valence-corrected chi connectivity index (χ3v) is 6.56. The fraction of sp³-hybridized carbons (Fsp3) is 0.500. The molecule has 0 radical (unpaired) electrons. The summed E-state index contributed by atoms with van der Waals surface area (Å²) in [6.07, 6.45) is 4.63. The molecule has 30 heavy (non-hydrogen) atoms. The number of anilines is 2. The number of hydrogen-bond acceptors (Lipinski definition) is 6. The Morgan fingerprint density at radius 3 is 1.13 bits per heavy atom. The normalized spacial score (nSPS) is 28.4. The zero-order valence-electron chi connectivity index (χ0n) is 17.1. The van der Waals surface area contributed by atoms with Crippen LogP contribution < -0.4 is 11.5 Å². The lowest BCUT2D eigenvalue weighted by atomic mass is 9.84. The summed E-state index contributed by atoms with van der Waals surface area (Å²) in [7, 11) is 0. The summed E-state index contributed by atoms with van der Waals surface area (Å²) in [6, 6.07) is 8.43. The SMILES string of the molecule is Nc1ccc(-c2ccc(N)c(CC3CO3)c2CC2CO2)c(CC2CO2)c1CC1CO1. The first-order valence-electron chi connectivity index (χ1n) is 10.9. The van der Waals surface area contributed by atoms with Crippen molar-refractivity contribution in [2.75, 3.05) is 37.9 Å². The second-order valence-corrected chi connectivity index (χ2v) is 8.96. The van der Waals surface area contributed by atoms with Gasteiger partial charge in [0.2, 0.25) is 0 Å². The van der Waals surface area contributed by atoms with E-state index in [1.165, 1.54) is 33.4 Å². The van der Waals surface area contributed by atoms with Crippen molar-refractivity contribution in [3.63, 3.8) is 0 Å². The van der Waals surface area contributed by atoms with Crippen LogP contribution in [0.4, 0.5) is 11.4 Å². The second kappa shape index (κ2) is 7.24. The number of epoxide rings is 4. The average molecular weight is 408 g/mol. The molecule has 2 aromatic carbocycles. The summed E-state index contributed by atoms with van der Waals surface area (Å²) in [6.45, 7) is 3.28. The van der Waals surface area contributed by atoms with Crippen molar-refractivity contribution in [1.82, 2.24) is 0 Å². The number of benzene rings is 2. The molecule has 6 rings (SSSR count). The maximum atomic E-state index is 6.44. The summed E-state index contributed by atoms with van der Waals surface area (Å²) < 4.78 is 22.2. The highest BCUT2D eigenvalue weighted by atomic mass is 16.6. The van der Waals surface area contributed by atoms with E-state index in [1.54, 1.807) is 0 Å². The molecule has 4 aliphatic heterocycles. The predicted molar refractivity (Wildman–Crippen MR) is 114 cm³/mol. The number of hydrogen-bond donors (Lipinski definition) is 2. The highest BCUT2D eigenvalue weighted by molar-refractivity contribution is 5.78. The van der Waals surface area contributed by atoms with Crippen LogP contribution in [0.3, 0.4) is 0 Å². The van der Waals surface area contributed by atoms with Gasteiger partial charge in [-0.15, -0.1) is 0 Å². The van der Waals surface area contributed by atoms with Crippen molar-refractivity contribution >= 4 is 11.4 Å². The van der Waals surface area contributed by atoms with Gasteiger partial charge in [0.25, 0.3) is 0 Å². The Morgan fingerprint density at radius 2 is 0.833 bits per heavy atom. The largest absolute Gasteiger partial charge is 0.398 e. The molecule has 0 spiro atoms. The highest BCUT2D eigenvalue weighted by Crippen LogP contribution is 2.40. The van der Waals surface area contributed by atoms with Crippen molar-refractivity contribution in [1.29, 1.82) is 0 Å². The lowest BCUT2D eigenvalue weighted by Crippen LogP contribution is -2.11. The molecule has 0 saturated carbocycles. The molecule has 2 aromatic rings. The van der Waals surface area contributed by atoms with E-state index in [2.05, 4.69) is 12.1 Å². The van der Waals surface area contributed by atoms with Crippen LogP contribution in [0.5, 0.6) is 0 Å². The summed E-state index contributed by atoms with van der Waals surface area (Å²) in [5.41, 5.74) is 22.1. The number of ether oxygens (including phenoxy) is 4. The van der Waals surface area contributed by atoms with Crippen LogP contribution >= 0.6 is 0 Å². The highest BCUT2D eigenvalue weighted by Gasteiger charge is 2.33. The van der Waals surface area contributed by atoms with Gasteiger partial charge >= 0.3 is 0 Å². The number of rotatable bonds is 9. The Bertz CT molecular complexity index is 896. The Kier molecular flexibility index (Phi) is 4.49. The Balaban J connectivity index is 1.48. The first-order chi connectivity index (χ1) is 14.7. The Morgan fingerprint density at radius 1 is 0.533 bits per heavy atom. The van der Waals surface area contributed by atoms with Crippen molar-refractivity contribution in [2.24, 2.45) is 0 Å². The minimum atomic E-state index is 0.285. The molecule has 4 aliphatic rings. The van der Waals surface area contributed by atoms with E-state index >= 15 is 0 Å². The molecule has 0 amide bonds. The minimum Gasteiger partial charge on any atom is -0.398 e. The minimum absolute atomic E-state index is 0.285. The van der Waals surface area contributed by atoms with Crippen LogP contribution in [0.25, 0.3) is 11.1 Å². The Labute approximate surface area is 176 Å². The summed E-state index contributed by atoms with van der Waals surface area (Å²) >= 11 is 0. The van der Waals surface area contributed by atoms with E-state index in [-0.39, 0.29) is 24.4 Å². The van der Waals surface area contributed by atoms with Gasteiger partial charge in [-0.25, -0.2) is 0 Å². The topological polar surface area (TPSA) is 102 Å². The lowest BCUT2D eigenvalue weighted by Gasteiger charge is -2.21. The van der Waals surface area contributed by atoms with Gasteiger partial charge in [0.15, 0.2) is 0 Å². The summed E-state index contributed by atoms with van der Waals surface area (Å²) in [5.74, 6) is 0. The standard InChI is InChI=1S/C24H28N2O4/c25-23-3-1-17(19(5-13-9-27-13)21(23)7-15-11-29-15)18-2-4-24(26)22(8-16-12-30-16)20(18)6-14-10-28-14/h1-4,13-16H,5-12,25-26H2. The van der Waals surface area contributed by atoms with Crippen LogP contribution in [0, 0.1) is 0 Å². The summed E-state index contributed by atoms with van der Waals surface area (Å²) in [4.78, 5) is 0. The molecule has 4 heterocycles. The predicted octanol–water partition coefficient (Wildman–Crippen LogP) is 2.28. The molecule has 4 atom stereocenters. The third kappa shape index (κ3) is 3.93. The van der Waals surface area contributed by atoms with Gasteiger partial charge in [0.1, 0.15) is 0 Å². The van der Waals surface area contributed by atoms with Gasteiger partial charge in [-0.1, -0.05) is 12.1 Å². The molecule has 0 aromatic heterocycles. The molecule has 4 N–H and O–H groups in total. The van der Waals surface area contributed by atoms with E-state index in [9.17, 15) is 0 Å². The molecule has 158 valence electrons. The molecular formula is C24H28N2O4. The van der Waals surface area contributed by atoms with Gasteiger partial charge in [-0.05, 0) is 45.5 Å². The van der Waals surface area contributed by atoms with Crippen LogP contribution in [-0.4, -0.2) is 50.8 Å². The van der Waals surface area contributed by atoms with E-state index in [0.717, 1.165) is 63.5 Å². The van der Waals surface area contributed by atoms with Gasteiger partial charge in [-0.2, -0.15) is 0 Å². The third-order valence-electron chi connectivity index (χ3n) is 6.56. The van der Waals surface area contributed by atoms with E-state index in [1.807, 2.05) is 12.1 Å². The van der Waals surface area contributed by atoms with Gasteiger partial charge in [0, 0.05) is 37.1 Å². The van der Waals surface area contributed by atoms with Crippen LogP contribution in [-0.2, 0) is 44.6 Å². The van der Waals surface area contributed by atoms with Crippen LogP contribution in [0.1, 0.15) is 22.3 Å². The zero-order valence-corrected chi connectivity index (χ0v) is 17.1. The maximum Gasteiger partial charge on any atom is 0.0851 e. The van der Waals surface area contributed by atoms with Crippen molar-refractivity contribution in [3.05, 3.63) is 46.5 Å². The fourth-order valence-corrected chi connectivity index (χ4v) is 4.53. The molecule has 4 unspecified atom stereocenters. The fourth-order valence-electron chi connectivity index (χ4n) is 4.53. The molecule has 0 aliphatic carbocycles. The molecule has 4 saturated heterocycles. The molecule has 4 fully saturated rings. The quantitative estimate of drug-likeness (QED) is 0.488. The second-order valence-electron chi connectivity index (χ2n) is 8.96. The van der Waals surface area contributed by atoms with Crippen molar-refractivity contribution < 1.29 is 18.9 Å². The molecular weight excluding hydrogens is 380 g/mol. The first-order valence-corrected chi connectivity index (χ1v) is 10.9. The number of nitrogens with two attached hydrogens (primary N) is 2. The zero-order chi connectivity index (χ0) is 20.2. The van der Waals surface area contributed by atoms with Crippen LogP contribution in [0.2, 0.25) is 0 Å². The van der Waals surface area contributed by atoms with Gasteiger partial charge in [-0.3, -0.25) is 0 Å². The van der Waals surface area contributed by atoms with Crippen molar-refractivity contribution in [2.45, 2.75) is 50.1 Å². The molecule has 6 nitrogen and oxygen atoms in total. The smallest absolute Gasteiger partial charge is 0.0851 e. The maximum absolute atomic E-state index is 6.44. The molecule has 0 bridgehead atoms. The van der Waals surface area contributed by atoms with E-state index in [4.69, 9.17) is 30.4 Å². The number of nitrogen functional groups attached to an aromatic ring is 2. The molecule has 6 heteroatoms. The van der Waals surface area contributed by atoms with Gasteiger partial charge < -0.3 is 30.4 Å².